The molecule has 1 heteroatoms. The molecule has 0 radical (unpaired) electrons. The van der Waals surface area contributed by atoms with E-state index in [1.807, 2.05) is 0 Å². The minimum atomic E-state index is 0.750. The summed E-state index contributed by atoms with van der Waals surface area (Å²) < 4.78 is 0. The Labute approximate surface area is 127 Å². The van der Waals surface area contributed by atoms with Crippen molar-refractivity contribution < 1.29 is 0 Å². The van der Waals surface area contributed by atoms with Crippen molar-refractivity contribution in [2.75, 3.05) is 13.1 Å². The summed E-state index contributed by atoms with van der Waals surface area (Å²) >= 11 is 0. The number of hydrogen-bond donors (Lipinski definition) is 1. The summed E-state index contributed by atoms with van der Waals surface area (Å²) in [5, 5.41) is 6.54. The van der Waals surface area contributed by atoms with E-state index in [1.165, 1.54) is 56.0 Å². The first-order valence-corrected chi connectivity index (χ1v) is 8.62. The Kier molecular flexibility index (Phi) is 3.69. The van der Waals surface area contributed by atoms with Crippen LogP contribution < -0.4 is 5.32 Å². The molecule has 1 aliphatic heterocycles. The highest BCUT2D eigenvalue weighted by molar-refractivity contribution is 5.86. The molecule has 1 saturated carbocycles. The largest absolute Gasteiger partial charge is 0.316 e. The molecule has 110 valence electrons. The maximum atomic E-state index is 3.66. The van der Waals surface area contributed by atoms with Gasteiger partial charge in [-0.2, -0.15) is 0 Å². The lowest BCUT2D eigenvalue weighted by Gasteiger charge is -2.37. The second kappa shape index (κ2) is 5.81. The number of hydrogen-bond acceptors (Lipinski definition) is 1. The summed E-state index contributed by atoms with van der Waals surface area (Å²) in [4.78, 5) is 0. The Bertz CT molecular complexity index is 607. The van der Waals surface area contributed by atoms with Crippen LogP contribution in [-0.4, -0.2) is 13.1 Å². The average Bonchev–Trinajstić information content (AvgIpc) is 3.09. The predicted molar refractivity (Wildman–Crippen MR) is 89.6 cm³/mol. The van der Waals surface area contributed by atoms with Crippen molar-refractivity contribution in [3.8, 4) is 0 Å². The molecule has 2 aromatic rings. The van der Waals surface area contributed by atoms with Gasteiger partial charge in [-0.15, -0.1) is 0 Å². The summed E-state index contributed by atoms with van der Waals surface area (Å²) in [6, 6.07) is 15.8. The van der Waals surface area contributed by atoms with E-state index >= 15 is 0 Å². The zero-order valence-electron chi connectivity index (χ0n) is 12.7. The van der Waals surface area contributed by atoms with Crippen LogP contribution in [0.3, 0.4) is 0 Å². The average molecular weight is 279 g/mol. The van der Waals surface area contributed by atoms with E-state index in [0.717, 1.165) is 17.8 Å². The Morgan fingerprint density at radius 1 is 0.857 bits per heavy atom. The number of nitrogens with one attached hydrogen (secondary N) is 1. The van der Waals surface area contributed by atoms with Crippen molar-refractivity contribution in [2.24, 2.45) is 11.8 Å². The number of benzene rings is 2. The van der Waals surface area contributed by atoms with Crippen molar-refractivity contribution in [1.82, 2.24) is 5.32 Å². The molecule has 0 bridgehead atoms. The smallest absolute Gasteiger partial charge is 0.00120 e. The van der Waals surface area contributed by atoms with Crippen molar-refractivity contribution in [3.63, 3.8) is 0 Å². The molecule has 21 heavy (non-hydrogen) atoms. The Hall–Kier alpha value is -1.34. The molecule has 2 unspecified atom stereocenters. The van der Waals surface area contributed by atoms with Crippen molar-refractivity contribution in [3.05, 3.63) is 48.0 Å². The summed E-state index contributed by atoms with van der Waals surface area (Å²) in [5.74, 6) is 2.54. The first-order valence-electron chi connectivity index (χ1n) is 8.62. The molecular weight excluding hydrogens is 254 g/mol. The SMILES string of the molecule is c1ccc2c(C3CCNCC3C3CCCC3)cccc2c1. The molecule has 1 N–H and O–H groups in total. The molecule has 1 aliphatic carbocycles. The Morgan fingerprint density at radius 2 is 1.67 bits per heavy atom. The fourth-order valence-electron chi connectivity index (χ4n) is 4.72. The van der Waals surface area contributed by atoms with Crippen LogP contribution in [0.5, 0.6) is 0 Å². The van der Waals surface area contributed by atoms with Gasteiger partial charge in [0.1, 0.15) is 0 Å². The molecular formula is C20H25N. The van der Waals surface area contributed by atoms with Gasteiger partial charge in [0.05, 0.1) is 0 Å². The zero-order chi connectivity index (χ0) is 14.1. The first kappa shape index (κ1) is 13.3. The van der Waals surface area contributed by atoms with Gasteiger partial charge in [0.25, 0.3) is 0 Å². The molecule has 0 spiro atoms. The van der Waals surface area contributed by atoms with E-state index in [2.05, 4.69) is 47.8 Å². The van der Waals surface area contributed by atoms with Crippen LogP contribution in [0.2, 0.25) is 0 Å². The van der Waals surface area contributed by atoms with Gasteiger partial charge in [-0.25, -0.2) is 0 Å². The molecule has 0 amide bonds. The third kappa shape index (κ3) is 2.48. The highest BCUT2D eigenvalue weighted by Gasteiger charge is 2.34. The van der Waals surface area contributed by atoms with Gasteiger partial charge in [-0.05, 0) is 53.6 Å². The van der Waals surface area contributed by atoms with Crippen LogP contribution >= 0.6 is 0 Å². The Balaban J connectivity index is 1.74. The molecule has 2 aliphatic rings. The normalized spacial score (nSPS) is 27.2. The van der Waals surface area contributed by atoms with Crippen molar-refractivity contribution in [2.45, 2.75) is 38.0 Å². The molecule has 2 aromatic carbocycles. The highest BCUT2D eigenvalue weighted by Crippen LogP contribution is 2.43. The monoisotopic (exact) mass is 279 g/mol. The predicted octanol–water partition coefficient (Wildman–Crippen LogP) is 4.72. The van der Waals surface area contributed by atoms with E-state index in [0.29, 0.717) is 0 Å². The van der Waals surface area contributed by atoms with Crippen LogP contribution in [0.25, 0.3) is 10.8 Å². The van der Waals surface area contributed by atoms with Crippen LogP contribution in [0.15, 0.2) is 42.5 Å². The quantitative estimate of drug-likeness (QED) is 0.838. The topological polar surface area (TPSA) is 12.0 Å². The van der Waals surface area contributed by atoms with Crippen LogP contribution in [0, 0.1) is 11.8 Å². The van der Waals surface area contributed by atoms with Crippen molar-refractivity contribution in [1.29, 1.82) is 0 Å². The summed E-state index contributed by atoms with van der Waals surface area (Å²) in [6.07, 6.45) is 7.10. The minimum absolute atomic E-state index is 0.750. The van der Waals surface area contributed by atoms with Gasteiger partial charge in [0.15, 0.2) is 0 Å². The van der Waals surface area contributed by atoms with E-state index in [4.69, 9.17) is 0 Å². The maximum absolute atomic E-state index is 3.66. The summed E-state index contributed by atoms with van der Waals surface area (Å²) in [6.45, 7) is 2.40. The third-order valence-corrected chi connectivity index (χ3v) is 5.76. The lowest BCUT2D eigenvalue weighted by atomic mass is 9.72. The molecule has 4 rings (SSSR count). The van der Waals surface area contributed by atoms with Gasteiger partial charge in [0, 0.05) is 0 Å². The number of piperidine rings is 1. The van der Waals surface area contributed by atoms with Crippen molar-refractivity contribution >= 4 is 10.8 Å². The second-order valence-electron chi connectivity index (χ2n) is 6.88. The fraction of sp³-hybridized carbons (Fsp3) is 0.500. The molecule has 0 aromatic heterocycles. The number of rotatable bonds is 2. The Morgan fingerprint density at radius 3 is 2.57 bits per heavy atom. The highest BCUT2D eigenvalue weighted by atomic mass is 14.9. The third-order valence-electron chi connectivity index (χ3n) is 5.76. The van der Waals surface area contributed by atoms with Gasteiger partial charge in [-0.3, -0.25) is 0 Å². The second-order valence-corrected chi connectivity index (χ2v) is 6.88. The maximum Gasteiger partial charge on any atom is -0.00120 e. The van der Waals surface area contributed by atoms with Crippen LogP contribution in [0.1, 0.15) is 43.6 Å². The van der Waals surface area contributed by atoms with Gasteiger partial charge in [-0.1, -0.05) is 68.1 Å². The van der Waals surface area contributed by atoms with Crippen LogP contribution in [-0.2, 0) is 0 Å². The molecule has 1 heterocycles. The van der Waals surface area contributed by atoms with E-state index in [1.54, 1.807) is 5.56 Å². The molecule has 2 atom stereocenters. The minimum Gasteiger partial charge on any atom is -0.316 e. The van der Waals surface area contributed by atoms with E-state index in [-0.39, 0.29) is 0 Å². The lowest BCUT2D eigenvalue weighted by molar-refractivity contribution is 0.232. The summed E-state index contributed by atoms with van der Waals surface area (Å²) in [5.41, 5.74) is 1.60. The first-order chi connectivity index (χ1) is 10.4. The van der Waals surface area contributed by atoms with Gasteiger partial charge < -0.3 is 5.32 Å². The molecule has 1 nitrogen and oxygen atoms in total. The van der Waals surface area contributed by atoms with Gasteiger partial charge in [0.2, 0.25) is 0 Å². The van der Waals surface area contributed by atoms with E-state index < -0.39 is 0 Å². The lowest BCUT2D eigenvalue weighted by Crippen LogP contribution is -2.38. The molecule has 2 fully saturated rings. The summed E-state index contributed by atoms with van der Waals surface area (Å²) in [7, 11) is 0. The fourth-order valence-corrected chi connectivity index (χ4v) is 4.72. The molecule has 1 saturated heterocycles. The zero-order valence-corrected chi connectivity index (χ0v) is 12.7. The standard InChI is InChI=1S/C20H25N/c1-2-8-16(7-1)20-14-21-13-12-19(20)18-11-5-9-15-6-3-4-10-17(15)18/h3-6,9-11,16,19-21H,1-2,7-8,12-14H2. The van der Waals surface area contributed by atoms with E-state index in [9.17, 15) is 0 Å². The van der Waals surface area contributed by atoms with Crippen LogP contribution in [0.4, 0.5) is 0 Å². The van der Waals surface area contributed by atoms with Gasteiger partial charge >= 0.3 is 0 Å². The number of fused-ring (bicyclic) bond motifs is 1.